The van der Waals surface area contributed by atoms with E-state index in [1.165, 1.54) is 135 Å². The van der Waals surface area contributed by atoms with Crippen molar-refractivity contribution in [3.63, 3.8) is 0 Å². The van der Waals surface area contributed by atoms with Gasteiger partial charge in [-0.05, 0) is 44.9 Å². The van der Waals surface area contributed by atoms with Crippen molar-refractivity contribution in [1.29, 1.82) is 0 Å². The second-order valence-corrected chi connectivity index (χ2v) is 14.7. The van der Waals surface area contributed by atoms with Gasteiger partial charge in [0.1, 0.15) is 12.2 Å². The minimum absolute atomic E-state index is 0.364. The van der Waals surface area contributed by atoms with E-state index in [2.05, 4.69) is 43.5 Å². The van der Waals surface area contributed by atoms with Crippen LogP contribution in [0.2, 0.25) is 0 Å². The molecule has 0 aliphatic rings. The first-order valence-corrected chi connectivity index (χ1v) is 21.2. The van der Waals surface area contributed by atoms with Crippen LogP contribution in [0.5, 0.6) is 0 Å². The normalized spacial score (nSPS) is 14.5. The summed E-state index contributed by atoms with van der Waals surface area (Å²) < 4.78 is 0. The first-order chi connectivity index (χ1) is 24.0. The summed E-state index contributed by atoms with van der Waals surface area (Å²) in [6.07, 6.45) is 42.2. The lowest BCUT2D eigenvalue weighted by Crippen LogP contribution is -2.53. The van der Waals surface area contributed by atoms with Crippen LogP contribution >= 0.6 is 0 Å². The van der Waals surface area contributed by atoms with Gasteiger partial charge in [0.2, 0.25) is 5.91 Å². The van der Waals surface area contributed by atoms with Crippen molar-refractivity contribution in [3.05, 3.63) is 24.3 Å². The van der Waals surface area contributed by atoms with E-state index in [0.29, 0.717) is 19.3 Å². The smallest absolute Gasteiger partial charge is 0.249 e. The summed E-state index contributed by atoms with van der Waals surface area (Å²) >= 11 is 0. The van der Waals surface area contributed by atoms with E-state index in [9.17, 15) is 25.2 Å². The molecule has 4 atom stereocenters. The van der Waals surface area contributed by atoms with Gasteiger partial charge >= 0.3 is 0 Å². The Kier molecular flexibility index (Phi) is 37.1. The fourth-order valence-corrected chi connectivity index (χ4v) is 6.47. The topological polar surface area (TPSA) is 110 Å². The SMILES string of the molecule is CCCC/C=C/CC/C=C/CCCC(O)C(O)C(CO)NC(=O)C(O)CCCCCCCCCCCCCCCCCCCCCCCC. The molecule has 0 aliphatic carbocycles. The van der Waals surface area contributed by atoms with Crippen molar-refractivity contribution in [2.45, 2.75) is 237 Å². The van der Waals surface area contributed by atoms with E-state index in [1.54, 1.807) is 0 Å². The van der Waals surface area contributed by atoms with Gasteiger partial charge in [0.05, 0.1) is 18.8 Å². The molecule has 0 radical (unpaired) electrons. The minimum Gasteiger partial charge on any atom is -0.394 e. The van der Waals surface area contributed by atoms with E-state index < -0.39 is 36.9 Å². The van der Waals surface area contributed by atoms with E-state index in [-0.39, 0.29) is 0 Å². The number of carbonyl (C=O) groups excluding carboxylic acids is 1. The Morgan fingerprint density at radius 3 is 1.27 bits per heavy atom. The minimum atomic E-state index is -1.28. The highest BCUT2D eigenvalue weighted by molar-refractivity contribution is 5.80. The largest absolute Gasteiger partial charge is 0.394 e. The molecule has 0 heterocycles. The fourth-order valence-electron chi connectivity index (χ4n) is 6.47. The summed E-state index contributed by atoms with van der Waals surface area (Å²) in [5, 5.41) is 43.5. The van der Waals surface area contributed by atoms with Crippen LogP contribution in [-0.4, -0.2) is 57.3 Å². The molecular weight excluding hydrogens is 610 g/mol. The first kappa shape index (κ1) is 47.8. The number of amides is 1. The molecule has 0 rings (SSSR count). The molecule has 0 aliphatic heterocycles. The molecule has 1 amide bonds. The summed E-state index contributed by atoms with van der Waals surface area (Å²) in [4.78, 5) is 12.5. The van der Waals surface area contributed by atoms with E-state index in [0.717, 1.165) is 44.9 Å². The molecule has 290 valence electrons. The van der Waals surface area contributed by atoms with Crippen molar-refractivity contribution in [3.8, 4) is 0 Å². The quantitative estimate of drug-likeness (QED) is 0.0327. The Balaban J connectivity index is 3.70. The lowest BCUT2D eigenvalue weighted by atomic mass is 10.00. The highest BCUT2D eigenvalue weighted by Crippen LogP contribution is 2.16. The molecule has 0 fully saturated rings. The Labute approximate surface area is 304 Å². The van der Waals surface area contributed by atoms with Crippen LogP contribution < -0.4 is 5.32 Å². The van der Waals surface area contributed by atoms with Gasteiger partial charge in [0.15, 0.2) is 0 Å². The Morgan fingerprint density at radius 1 is 0.490 bits per heavy atom. The third kappa shape index (κ3) is 32.4. The molecule has 0 spiro atoms. The van der Waals surface area contributed by atoms with Crippen LogP contribution in [0.25, 0.3) is 0 Å². The molecule has 6 heteroatoms. The number of carbonyl (C=O) groups is 1. The molecule has 0 bridgehead atoms. The average molecular weight is 694 g/mol. The zero-order valence-corrected chi connectivity index (χ0v) is 32.4. The summed E-state index contributed by atoms with van der Waals surface area (Å²) in [5.74, 6) is -0.597. The third-order valence-corrected chi connectivity index (χ3v) is 9.89. The predicted molar refractivity (Wildman–Crippen MR) is 210 cm³/mol. The molecule has 0 saturated carbocycles. The van der Waals surface area contributed by atoms with Gasteiger partial charge in [-0.1, -0.05) is 192 Å². The highest BCUT2D eigenvalue weighted by atomic mass is 16.3. The van der Waals surface area contributed by atoms with Crippen LogP contribution in [0.15, 0.2) is 24.3 Å². The van der Waals surface area contributed by atoms with E-state index >= 15 is 0 Å². The van der Waals surface area contributed by atoms with Gasteiger partial charge in [-0.25, -0.2) is 0 Å². The molecule has 6 nitrogen and oxygen atoms in total. The molecule has 0 aromatic carbocycles. The van der Waals surface area contributed by atoms with Crippen molar-refractivity contribution in [2.24, 2.45) is 0 Å². The zero-order valence-electron chi connectivity index (χ0n) is 32.4. The molecule has 49 heavy (non-hydrogen) atoms. The number of aliphatic hydroxyl groups is 4. The lowest BCUT2D eigenvalue weighted by molar-refractivity contribution is -0.132. The monoisotopic (exact) mass is 694 g/mol. The Hall–Kier alpha value is -1.21. The third-order valence-electron chi connectivity index (χ3n) is 9.89. The van der Waals surface area contributed by atoms with Gasteiger partial charge in [-0.2, -0.15) is 0 Å². The summed E-state index contributed by atoms with van der Waals surface area (Å²) in [6, 6.07) is -1.00. The first-order valence-electron chi connectivity index (χ1n) is 21.2. The Bertz CT molecular complexity index is 742. The molecule has 5 N–H and O–H groups in total. The Morgan fingerprint density at radius 2 is 0.857 bits per heavy atom. The van der Waals surface area contributed by atoms with Crippen molar-refractivity contribution < 1.29 is 25.2 Å². The number of unbranched alkanes of at least 4 members (excludes halogenated alkanes) is 25. The lowest BCUT2D eigenvalue weighted by Gasteiger charge is -2.27. The predicted octanol–water partition coefficient (Wildman–Crippen LogP) is 10.8. The number of hydrogen-bond donors (Lipinski definition) is 5. The fraction of sp³-hybridized carbons (Fsp3) is 0.884. The number of aliphatic hydroxyl groups excluding tert-OH is 4. The van der Waals surface area contributed by atoms with Crippen molar-refractivity contribution in [2.75, 3.05) is 6.61 Å². The zero-order chi connectivity index (χ0) is 36.0. The van der Waals surface area contributed by atoms with Gasteiger partial charge in [0.25, 0.3) is 0 Å². The molecular formula is C43H83NO5. The van der Waals surface area contributed by atoms with Crippen LogP contribution in [0.1, 0.15) is 213 Å². The maximum Gasteiger partial charge on any atom is 0.249 e. The average Bonchev–Trinajstić information content (AvgIpc) is 3.11. The van der Waals surface area contributed by atoms with Gasteiger partial charge in [-0.3, -0.25) is 4.79 Å². The number of rotatable bonds is 38. The van der Waals surface area contributed by atoms with Crippen molar-refractivity contribution in [1.82, 2.24) is 5.32 Å². The maximum atomic E-state index is 12.5. The molecule has 0 aromatic rings. The van der Waals surface area contributed by atoms with Crippen molar-refractivity contribution >= 4 is 5.91 Å². The second-order valence-electron chi connectivity index (χ2n) is 14.7. The van der Waals surface area contributed by atoms with E-state index in [4.69, 9.17) is 0 Å². The van der Waals surface area contributed by atoms with Gasteiger partial charge in [-0.15, -0.1) is 0 Å². The van der Waals surface area contributed by atoms with Gasteiger partial charge in [0, 0.05) is 0 Å². The second kappa shape index (κ2) is 38.0. The van der Waals surface area contributed by atoms with Crippen LogP contribution in [0.3, 0.4) is 0 Å². The standard InChI is InChI=1S/C43H83NO5/c1-3-5-7-9-11-13-15-16-17-18-19-20-21-22-23-24-25-27-29-31-33-35-37-41(47)43(49)44-39(38-45)42(48)40(46)36-34-32-30-28-26-14-12-10-8-6-4-2/h10,12,28,30,39-42,45-48H,3-9,11,13-27,29,31-38H2,1-2H3,(H,44,49)/b12-10+,30-28+. The van der Waals surface area contributed by atoms with E-state index in [1.807, 2.05) is 0 Å². The van der Waals surface area contributed by atoms with Crippen LogP contribution in [0, 0.1) is 0 Å². The maximum absolute atomic E-state index is 12.5. The number of hydrogen-bond acceptors (Lipinski definition) is 5. The summed E-state index contributed by atoms with van der Waals surface area (Å²) in [5.41, 5.74) is 0. The van der Waals surface area contributed by atoms with Gasteiger partial charge < -0.3 is 25.7 Å². The molecule has 0 saturated heterocycles. The number of nitrogens with one attached hydrogen (secondary N) is 1. The molecule has 0 aromatic heterocycles. The van der Waals surface area contributed by atoms with Crippen LogP contribution in [0.4, 0.5) is 0 Å². The number of allylic oxidation sites excluding steroid dienone is 4. The highest BCUT2D eigenvalue weighted by Gasteiger charge is 2.28. The summed E-state index contributed by atoms with van der Waals surface area (Å²) in [6.45, 7) is 3.98. The van der Waals surface area contributed by atoms with Crippen LogP contribution in [-0.2, 0) is 4.79 Å². The summed E-state index contributed by atoms with van der Waals surface area (Å²) in [7, 11) is 0. The molecule has 4 unspecified atom stereocenters.